The summed E-state index contributed by atoms with van der Waals surface area (Å²) >= 11 is 1.59. The Morgan fingerprint density at radius 3 is 2.73 bits per heavy atom. The third-order valence-electron chi connectivity index (χ3n) is 6.35. The van der Waals surface area contributed by atoms with Gasteiger partial charge < -0.3 is 19.3 Å². The van der Waals surface area contributed by atoms with E-state index in [9.17, 15) is 9.90 Å². The molecule has 158 valence electrons. The van der Waals surface area contributed by atoms with Gasteiger partial charge in [0.25, 0.3) is 5.91 Å². The molecule has 1 N–H and O–H groups in total. The summed E-state index contributed by atoms with van der Waals surface area (Å²) in [7, 11) is 0. The molecule has 0 bridgehead atoms. The van der Waals surface area contributed by atoms with Crippen molar-refractivity contribution in [3.63, 3.8) is 0 Å². The van der Waals surface area contributed by atoms with Crippen molar-refractivity contribution in [1.29, 1.82) is 0 Å². The number of hydrogen-bond donors (Lipinski definition) is 1. The number of ether oxygens (including phenoxy) is 1. The van der Waals surface area contributed by atoms with Gasteiger partial charge in [-0.3, -0.25) is 4.79 Å². The van der Waals surface area contributed by atoms with E-state index < -0.39 is 6.10 Å². The lowest BCUT2D eigenvalue weighted by Crippen LogP contribution is -2.39. The zero-order valence-corrected chi connectivity index (χ0v) is 17.6. The fourth-order valence-electron chi connectivity index (χ4n) is 4.56. The van der Waals surface area contributed by atoms with E-state index in [4.69, 9.17) is 4.74 Å². The van der Waals surface area contributed by atoms with Crippen molar-refractivity contribution in [2.45, 2.75) is 37.8 Å². The zero-order chi connectivity index (χ0) is 20.5. The number of likely N-dealkylation sites (tertiary alicyclic amines) is 1. The number of amides is 1. The number of carbonyl (C=O) groups excluding carboxylic acids is 1. The van der Waals surface area contributed by atoms with Crippen molar-refractivity contribution in [1.82, 2.24) is 19.4 Å². The number of imidazole rings is 1. The molecule has 5 heterocycles. The fraction of sp³-hybridized carbons (Fsp3) is 0.500. The molecule has 0 saturated carbocycles. The van der Waals surface area contributed by atoms with Crippen LogP contribution in [0.25, 0.3) is 11.2 Å². The number of pyridine rings is 1. The second-order valence-corrected chi connectivity index (χ2v) is 9.13. The first-order chi connectivity index (χ1) is 14.7. The van der Waals surface area contributed by atoms with Crippen molar-refractivity contribution >= 4 is 28.4 Å². The predicted molar refractivity (Wildman–Crippen MR) is 115 cm³/mol. The fourth-order valence-corrected chi connectivity index (χ4v) is 5.36. The Labute approximate surface area is 179 Å². The normalized spacial score (nSPS) is 20.0. The molecule has 1 amide bonds. The molecule has 3 aromatic heterocycles. The highest BCUT2D eigenvalue weighted by molar-refractivity contribution is 7.10. The number of thiophene rings is 1. The molecular formula is C22H26N4O3S. The average molecular weight is 427 g/mol. The van der Waals surface area contributed by atoms with Crippen molar-refractivity contribution in [3.05, 3.63) is 46.5 Å². The SMILES string of the molecule is O=C(c1cnc2c(c1)ncn2C1CCOCC1)N1CCC(C(O)c2cccs2)CC1. The summed E-state index contributed by atoms with van der Waals surface area (Å²) in [6, 6.07) is 6.15. The van der Waals surface area contributed by atoms with E-state index in [2.05, 4.69) is 14.5 Å². The van der Waals surface area contributed by atoms with Crippen LogP contribution in [-0.4, -0.2) is 56.8 Å². The van der Waals surface area contributed by atoms with E-state index in [1.807, 2.05) is 34.8 Å². The number of hydrogen-bond acceptors (Lipinski definition) is 6. The van der Waals surface area contributed by atoms with Gasteiger partial charge in [0.05, 0.1) is 18.0 Å². The lowest BCUT2D eigenvalue weighted by Gasteiger charge is -2.34. The Balaban J connectivity index is 1.26. The van der Waals surface area contributed by atoms with Crippen molar-refractivity contribution in [2.75, 3.05) is 26.3 Å². The third-order valence-corrected chi connectivity index (χ3v) is 7.30. The van der Waals surface area contributed by atoms with Gasteiger partial charge in [-0.15, -0.1) is 11.3 Å². The Morgan fingerprint density at radius 1 is 1.20 bits per heavy atom. The molecule has 5 rings (SSSR count). The minimum absolute atomic E-state index is 0.00548. The van der Waals surface area contributed by atoms with Crippen LogP contribution >= 0.6 is 11.3 Å². The predicted octanol–water partition coefficient (Wildman–Crippen LogP) is 3.43. The number of piperidine rings is 1. The van der Waals surface area contributed by atoms with Gasteiger partial charge in [-0.2, -0.15) is 0 Å². The number of aliphatic hydroxyl groups is 1. The maximum absolute atomic E-state index is 13.0. The maximum atomic E-state index is 13.0. The van der Waals surface area contributed by atoms with E-state index in [1.165, 1.54) is 0 Å². The van der Waals surface area contributed by atoms with Crippen molar-refractivity contribution < 1.29 is 14.6 Å². The van der Waals surface area contributed by atoms with E-state index in [0.29, 0.717) is 24.7 Å². The quantitative estimate of drug-likeness (QED) is 0.691. The number of fused-ring (bicyclic) bond motifs is 1. The van der Waals surface area contributed by atoms with Crippen LogP contribution in [0, 0.1) is 5.92 Å². The van der Waals surface area contributed by atoms with Crippen LogP contribution in [0.5, 0.6) is 0 Å². The lowest BCUT2D eigenvalue weighted by atomic mass is 9.90. The summed E-state index contributed by atoms with van der Waals surface area (Å²) in [6.07, 6.45) is 6.60. The standard InChI is InChI=1S/C22H26N4O3S/c27-20(19-2-1-11-30-19)15-3-7-25(8-4-15)22(28)16-12-18-21(23-13-16)26(14-24-18)17-5-9-29-10-6-17/h1-2,11-15,17,20,27H,3-10H2. The first-order valence-corrected chi connectivity index (χ1v) is 11.5. The first-order valence-electron chi connectivity index (χ1n) is 10.6. The molecular weight excluding hydrogens is 400 g/mol. The Hall–Kier alpha value is -2.29. The Morgan fingerprint density at radius 2 is 2.00 bits per heavy atom. The van der Waals surface area contributed by atoms with E-state index in [0.717, 1.165) is 54.9 Å². The lowest BCUT2D eigenvalue weighted by molar-refractivity contribution is 0.0474. The second kappa shape index (κ2) is 8.45. The van der Waals surface area contributed by atoms with Crippen molar-refractivity contribution in [2.24, 2.45) is 5.92 Å². The first kappa shape index (κ1) is 19.7. The number of aliphatic hydroxyl groups excluding tert-OH is 1. The van der Waals surface area contributed by atoms with Gasteiger partial charge in [-0.1, -0.05) is 6.07 Å². The molecule has 1 unspecified atom stereocenters. The topological polar surface area (TPSA) is 80.5 Å². The zero-order valence-electron chi connectivity index (χ0n) is 16.8. The van der Waals surface area contributed by atoms with Crippen LogP contribution in [0.1, 0.15) is 53.1 Å². The molecule has 2 fully saturated rings. The molecule has 8 heteroatoms. The third kappa shape index (κ3) is 3.75. The number of nitrogens with zero attached hydrogens (tertiary/aromatic N) is 4. The van der Waals surface area contributed by atoms with Crippen LogP contribution in [0.15, 0.2) is 36.1 Å². The molecule has 0 aliphatic carbocycles. The summed E-state index contributed by atoms with van der Waals surface area (Å²) in [6.45, 7) is 2.83. The van der Waals surface area contributed by atoms with Crippen LogP contribution in [0.4, 0.5) is 0 Å². The number of aromatic nitrogens is 3. The molecule has 2 saturated heterocycles. The van der Waals surface area contributed by atoms with Gasteiger partial charge in [-0.25, -0.2) is 9.97 Å². The Bertz CT molecular complexity index is 1000. The minimum atomic E-state index is -0.436. The number of rotatable bonds is 4. The highest BCUT2D eigenvalue weighted by atomic mass is 32.1. The molecule has 30 heavy (non-hydrogen) atoms. The average Bonchev–Trinajstić information content (AvgIpc) is 3.48. The molecule has 2 aliphatic heterocycles. The minimum Gasteiger partial charge on any atom is -0.387 e. The second-order valence-electron chi connectivity index (χ2n) is 8.15. The van der Waals surface area contributed by atoms with Gasteiger partial charge in [0.1, 0.15) is 5.52 Å². The van der Waals surface area contributed by atoms with Gasteiger partial charge >= 0.3 is 0 Å². The van der Waals surface area contributed by atoms with Crippen LogP contribution in [0.2, 0.25) is 0 Å². The van der Waals surface area contributed by atoms with Crippen molar-refractivity contribution in [3.8, 4) is 0 Å². The summed E-state index contributed by atoms with van der Waals surface area (Å²) < 4.78 is 7.57. The molecule has 7 nitrogen and oxygen atoms in total. The van der Waals surface area contributed by atoms with Gasteiger partial charge in [0.15, 0.2) is 5.65 Å². The van der Waals surface area contributed by atoms with E-state index in [1.54, 1.807) is 17.5 Å². The van der Waals surface area contributed by atoms with Gasteiger partial charge in [-0.05, 0) is 49.1 Å². The summed E-state index contributed by atoms with van der Waals surface area (Å²) in [5.41, 5.74) is 2.17. The highest BCUT2D eigenvalue weighted by Gasteiger charge is 2.29. The van der Waals surface area contributed by atoms with Gasteiger partial charge in [0.2, 0.25) is 0 Å². The van der Waals surface area contributed by atoms with Gasteiger partial charge in [0, 0.05) is 43.4 Å². The Kier molecular flexibility index (Phi) is 5.54. The largest absolute Gasteiger partial charge is 0.387 e. The molecule has 0 spiro atoms. The molecule has 0 radical (unpaired) electrons. The highest BCUT2D eigenvalue weighted by Crippen LogP contribution is 2.33. The molecule has 0 aromatic carbocycles. The van der Waals surface area contributed by atoms with Crippen LogP contribution in [-0.2, 0) is 4.74 Å². The summed E-state index contributed by atoms with van der Waals surface area (Å²) in [5.74, 6) is 0.192. The van der Waals surface area contributed by atoms with E-state index >= 15 is 0 Å². The molecule has 2 aliphatic rings. The summed E-state index contributed by atoms with van der Waals surface area (Å²) in [4.78, 5) is 25.0. The smallest absolute Gasteiger partial charge is 0.255 e. The molecule has 3 aromatic rings. The van der Waals surface area contributed by atoms with Crippen LogP contribution in [0.3, 0.4) is 0 Å². The van der Waals surface area contributed by atoms with Crippen LogP contribution < -0.4 is 0 Å². The summed E-state index contributed by atoms with van der Waals surface area (Å²) in [5, 5.41) is 12.6. The maximum Gasteiger partial charge on any atom is 0.255 e. The monoisotopic (exact) mass is 426 g/mol. The molecule has 1 atom stereocenters. The van der Waals surface area contributed by atoms with E-state index in [-0.39, 0.29) is 11.8 Å². The number of carbonyl (C=O) groups is 1.